The Morgan fingerprint density at radius 3 is 2.46 bits per heavy atom. The topological polar surface area (TPSA) is 88.4 Å². The number of esters is 1. The first-order valence-electron chi connectivity index (χ1n) is 12.6. The first kappa shape index (κ1) is 28.6. The summed E-state index contributed by atoms with van der Waals surface area (Å²) in [7, 11) is 1.56. The molecular weight excluding hydrogens is 584 g/mol. The standard InChI is InChI=1S/C29H31BrN2O6S/c1-7-36-22-11-9-18(13-23(22)37-8-2)14-24-27(33)32-26(20-15-19(30)10-12-21(20)35-6)25(28(34)38-16(3)4)17(5)31-29(32)39-24/h9-16,26H,7-8H2,1-6H3/b24-14-/t26-/m0/s1. The molecule has 10 heteroatoms. The lowest BCUT2D eigenvalue weighted by Gasteiger charge is -2.26. The minimum atomic E-state index is -0.790. The number of carbonyl (C=O) groups excluding carboxylic acids is 1. The van der Waals surface area contributed by atoms with Crippen molar-refractivity contribution in [2.75, 3.05) is 20.3 Å². The number of allylic oxidation sites excluding steroid dienone is 1. The van der Waals surface area contributed by atoms with E-state index in [0.717, 1.165) is 10.0 Å². The van der Waals surface area contributed by atoms with Crippen molar-refractivity contribution in [1.82, 2.24) is 4.57 Å². The fourth-order valence-corrected chi connectivity index (χ4v) is 5.81. The van der Waals surface area contributed by atoms with Gasteiger partial charge in [-0.15, -0.1) is 0 Å². The highest BCUT2D eigenvalue weighted by molar-refractivity contribution is 9.10. The van der Waals surface area contributed by atoms with Crippen LogP contribution in [0, 0.1) is 0 Å². The number of nitrogens with zero attached hydrogens (tertiary/aromatic N) is 2. The summed E-state index contributed by atoms with van der Waals surface area (Å²) < 4.78 is 25.5. The van der Waals surface area contributed by atoms with Crippen LogP contribution < -0.4 is 29.1 Å². The van der Waals surface area contributed by atoms with Gasteiger partial charge in [0.2, 0.25) is 0 Å². The summed E-state index contributed by atoms with van der Waals surface area (Å²) in [4.78, 5) is 32.5. The molecule has 0 radical (unpaired) electrons. The lowest BCUT2D eigenvalue weighted by molar-refractivity contribution is -0.143. The maximum atomic E-state index is 14.0. The second-order valence-electron chi connectivity index (χ2n) is 8.99. The molecule has 0 bridgehead atoms. The Labute approximate surface area is 239 Å². The van der Waals surface area contributed by atoms with Gasteiger partial charge < -0.3 is 18.9 Å². The van der Waals surface area contributed by atoms with E-state index in [0.29, 0.717) is 56.6 Å². The molecule has 206 valence electrons. The summed E-state index contributed by atoms with van der Waals surface area (Å²) in [5, 5.41) is 0. The summed E-state index contributed by atoms with van der Waals surface area (Å²) >= 11 is 4.78. The molecule has 0 saturated carbocycles. The molecule has 1 aliphatic rings. The zero-order chi connectivity index (χ0) is 28.3. The predicted molar refractivity (Wildman–Crippen MR) is 154 cm³/mol. The average molecular weight is 616 g/mol. The molecule has 0 saturated heterocycles. The SMILES string of the molecule is CCOc1ccc(/C=c2\sc3n(c2=O)[C@@H](c2cc(Br)ccc2OC)C(C(=O)OC(C)C)=C(C)N=3)cc1OCC. The van der Waals surface area contributed by atoms with Crippen LogP contribution in [-0.4, -0.2) is 37.0 Å². The van der Waals surface area contributed by atoms with Gasteiger partial charge in [0.05, 0.1) is 42.2 Å². The summed E-state index contributed by atoms with van der Waals surface area (Å²) in [5.41, 5.74) is 1.92. The normalized spacial score (nSPS) is 15.2. The first-order valence-corrected chi connectivity index (χ1v) is 14.3. The number of benzene rings is 2. The maximum absolute atomic E-state index is 14.0. The van der Waals surface area contributed by atoms with Gasteiger partial charge in [-0.3, -0.25) is 9.36 Å². The molecule has 8 nitrogen and oxygen atoms in total. The van der Waals surface area contributed by atoms with E-state index in [1.165, 1.54) is 11.3 Å². The van der Waals surface area contributed by atoms with Crippen LogP contribution in [0.25, 0.3) is 6.08 Å². The van der Waals surface area contributed by atoms with Crippen LogP contribution in [0.3, 0.4) is 0 Å². The van der Waals surface area contributed by atoms with Crippen molar-refractivity contribution < 1.29 is 23.7 Å². The van der Waals surface area contributed by atoms with Crippen molar-refractivity contribution >= 4 is 39.3 Å². The number of aromatic nitrogens is 1. The minimum Gasteiger partial charge on any atom is -0.496 e. The highest BCUT2D eigenvalue weighted by Gasteiger charge is 2.35. The van der Waals surface area contributed by atoms with Gasteiger partial charge in [0.1, 0.15) is 11.8 Å². The fraction of sp³-hybridized carbons (Fsp3) is 0.345. The van der Waals surface area contributed by atoms with Crippen molar-refractivity contribution in [2.24, 2.45) is 4.99 Å². The van der Waals surface area contributed by atoms with Crippen molar-refractivity contribution in [3.63, 3.8) is 0 Å². The molecule has 39 heavy (non-hydrogen) atoms. The van der Waals surface area contributed by atoms with Gasteiger partial charge >= 0.3 is 5.97 Å². The summed E-state index contributed by atoms with van der Waals surface area (Å²) in [6.07, 6.45) is 1.45. The molecule has 0 fully saturated rings. The molecule has 0 N–H and O–H groups in total. The Morgan fingerprint density at radius 2 is 1.79 bits per heavy atom. The molecule has 4 rings (SSSR count). The highest BCUT2D eigenvalue weighted by Crippen LogP contribution is 2.37. The number of halogens is 1. The molecule has 1 aromatic heterocycles. The van der Waals surface area contributed by atoms with Crippen LogP contribution in [0.5, 0.6) is 17.2 Å². The van der Waals surface area contributed by atoms with Crippen LogP contribution in [0.2, 0.25) is 0 Å². The first-order chi connectivity index (χ1) is 18.7. The van der Waals surface area contributed by atoms with Gasteiger partial charge in [0.15, 0.2) is 16.3 Å². The fourth-order valence-electron chi connectivity index (χ4n) is 4.38. The summed E-state index contributed by atoms with van der Waals surface area (Å²) in [6.45, 7) is 10.1. The Morgan fingerprint density at radius 1 is 1.10 bits per heavy atom. The van der Waals surface area contributed by atoms with Gasteiger partial charge in [-0.05, 0) is 76.6 Å². The number of hydrogen-bond acceptors (Lipinski definition) is 8. The van der Waals surface area contributed by atoms with Crippen molar-refractivity contribution in [3.05, 3.63) is 83.0 Å². The monoisotopic (exact) mass is 614 g/mol. The third kappa shape index (κ3) is 5.96. The minimum absolute atomic E-state index is 0.278. The summed E-state index contributed by atoms with van der Waals surface area (Å²) in [5.74, 6) is 1.26. The van der Waals surface area contributed by atoms with E-state index >= 15 is 0 Å². The van der Waals surface area contributed by atoms with E-state index in [2.05, 4.69) is 20.9 Å². The van der Waals surface area contributed by atoms with E-state index in [1.54, 1.807) is 44.6 Å². The number of methoxy groups -OCH3 is 1. The lowest BCUT2D eigenvalue weighted by atomic mass is 9.95. The van der Waals surface area contributed by atoms with Crippen LogP contribution in [0.1, 0.15) is 51.8 Å². The number of thiazole rings is 1. The van der Waals surface area contributed by atoms with Gasteiger partial charge in [-0.2, -0.15) is 0 Å². The van der Waals surface area contributed by atoms with Crippen LogP contribution in [0.4, 0.5) is 0 Å². The van der Waals surface area contributed by atoms with Crippen molar-refractivity contribution in [3.8, 4) is 17.2 Å². The van der Waals surface area contributed by atoms with Crippen molar-refractivity contribution in [2.45, 2.75) is 46.8 Å². The highest BCUT2D eigenvalue weighted by atomic mass is 79.9. The second kappa shape index (κ2) is 12.2. The molecule has 1 atom stereocenters. The van der Waals surface area contributed by atoms with E-state index in [4.69, 9.17) is 18.9 Å². The van der Waals surface area contributed by atoms with Crippen LogP contribution in [0.15, 0.2) is 61.9 Å². The maximum Gasteiger partial charge on any atom is 0.338 e. The third-order valence-electron chi connectivity index (χ3n) is 5.94. The number of fused-ring (bicyclic) bond motifs is 1. The van der Waals surface area contributed by atoms with Crippen LogP contribution >= 0.6 is 27.3 Å². The molecule has 0 unspecified atom stereocenters. The zero-order valence-corrected chi connectivity index (χ0v) is 25.1. The number of hydrogen-bond donors (Lipinski definition) is 0. The molecular formula is C29H31BrN2O6S. The molecule has 0 amide bonds. The smallest absolute Gasteiger partial charge is 0.338 e. The largest absolute Gasteiger partial charge is 0.496 e. The van der Waals surface area contributed by atoms with Gasteiger partial charge in [-0.1, -0.05) is 33.3 Å². The van der Waals surface area contributed by atoms with E-state index in [-0.39, 0.29) is 11.7 Å². The quantitative estimate of drug-likeness (QED) is 0.323. The number of rotatable bonds is 9. The molecule has 1 aliphatic heterocycles. The number of ether oxygens (including phenoxy) is 4. The van der Waals surface area contributed by atoms with Gasteiger partial charge in [0, 0.05) is 10.0 Å². The van der Waals surface area contributed by atoms with Crippen molar-refractivity contribution in [1.29, 1.82) is 0 Å². The van der Waals surface area contributed by atoms with Gasteiger partial charge in [-0.25, -0.2) is 9.79 Å². The average Bonchev–Trinajstić information content (AvgIpc) is 3.18. The molecule has 0 aliphatic carbocycles. The van der Waals surface area contributed by atoms with E-state index in [1.807, 2.05) is 44.2 Å². The number of carbonyl (C=O) groups is 1. The third-order valence-corrected chi connectivity index (χ3v) is 7.41. The van der Waals surface area contributed by atoms with E-state index < -0.39 is 12.0 Å². The van der Waals surface area contributed by atoms with E-state index in [9.17, 15) is 9.59 Å². The molecule has 0 spiro atoms. The Bertz CT molecular complexity index is 1600. The Hall–Kier alpha value is -3.37. The Kier molecular flexibility index (Phi) is 8.97. The van der Waals surface area contributed by atoms with Crippen LogP contribution in [-0.2, 0) is 9.53 Å². The predicted octanol–water partition coefficient (Wildman–Crippen LogP) is 4.76. The summed E-state index contributed by atoms with van der Waals surface area (Å²) in [6, 6.07) is 10.2. The van der Waals surface area contributed by atoms with Gasteiger partial charge in [0.25, 0.3) is 5.56 Å². The second-order valence-corrected chi connectivity index (χ2v) is 10.9. The molecule has 3 aromatic rings. The zero-order valence-electron chi connectivity index (χ0n) is 22.7. The Balaban J connectivity index is 1.94. The molecule has 2 aromatic carbocycles. The molecule has 2 heterocycles. The lowest BCUT2D eigenvalue weighted by Crippen LogP contribution is -2.40.